The van der Waals surface area contributed by atoms with Crippen LogP contribution < -0.4 is 0 Å². The van der Waals surface area contributed by atoms with Gasteiger partial charge < -0.3 is 9.84 Å². The predicted molar refractivity (Wildman–Crippen MR) is 90.0 cm³/mol. The summed E-state index contributed by atoms with van der Waals surface area (Å²) >= 11 is 5.49. The van der Waals surface area contributed by atoms with Crippen LogP contribution in [0.3, 0.4) is 0 Å². The van der Waals surface area contributed by atoms with E-state index < -0.39 is 5.97 Å². The van der Waals surface area contributed by atoms with Crippen LogP contribution >= 0.6 is 12.2 Å². The number of aryl methyl sites for hydroxylation is 1. The second-order valence-electron chi connectivity index (χ2n) is 5.20. The Balaban J connectivity index is 1.98. The Bertz CT molecular complexity index is 834. The highest BCUT2D eigenvalue weighted by atomic mass is 32.1. The number of carbonyl (C=O) groups is 1. The Kier molecular flexibility index (Phi) is 3.54. The fourth-order valence-corrected chi connectivity index (χ4v) is 2.81. The number of esters is 1. The van der Waals surface area contributed by atoms with Crippen LogP contribution in [0.15, 0.2) is 36.4 Å². The van der Waals surface area contributed by atoms with E-state index in [4.69, 9.17) is 17.0 Å². The van der Waals surface area contributed by atoms with Gasteiger partial charge in [0.25, 0.3) is 0 Å². The molecule has 0 aromatic heterocycles. The maximum Gasteiger partial charge on any atom is 0.338 e. The largest absolute Gasteiger partial charge is 0.507 e. The molecule has 0 fully saturated rings. The Morgan fingerprint density at radius 3 is 2.68 bits per heavy atom. The first-order valence-corrected chi connectivity index (χ1v) is 7.21. The third kappa shape index (κ3) is 2.31. The number of methoxy groups -OCH3 is 1. The monoisotopic (exact) mass is 310 g/mol. The Morgan fingerprint density at radius 1 is 1.23 bits per heavy atom. The van der Waals surface area contributed by atoms with Crippen LogP contribution in [0.2, 0.25) is 0 Å². The second-order valence-corrected chi connectivity index (χ2v) is 5.61. The van der Waals surface area contributed by atoms with E-state index in [1.807, 2.05) is 37.3 Å². The highest BCUT2D eigenvalue weighted by Gasteiger charge is 2.26. The lowest BCUT2D eigenvalue weighted by Crippen LogP contribution is -2.12. The van der Waals surface area contributed by atoms with Crippen molar-refractivity contribution >= 4 is 34.7 Å². The summed E-state index contributed by atoms with van der Waals surface area (Å²) in [6, 6.07) is 11.2. The second kappa shape index (κ2) is 5.39. The third-order valence-electron chi connectivity index (χ3n) is 3.69. The lowest BCUT2D eigenvalue weighted by Gasteiger charge is -2.20. The molecular weight excluding hydrogens is 296 g/mol. The van der Waals surface area contributed by atoms with Gasteiger partial charge in [0.1, 0.15) is 5.75 Å². The van der Waals surface area contributed by atoms with Crippen LogP contribution in [-0.2, 0) is 9.53 Å². The van der Waals surface area contributed by atoms with Gasteiger partial charge in [-0.3, -0.25) is 0 Å². The fraction of sp³-hybridized carbons (Fsp3) is 0.111. The number of phenolic OH excluding ortho intramolecular Hbond substituents is 1. The molecule has 0 radical (unpaired) electrons. The molecule has 0 spiro atoms. The molecule has 0 saturated heterocycles. The average Bonchev–Trinajstić information content (AvgIpc) is 2.49. The van der Waals surface area contributed by atoms with Gasteiger partial charge in [-0.05, 0) is 41.8 Å². The zero-order valence-corrected chi connectivity index (χ0v) is 13.0. The minimum atomic E-state index is -0.402. The first kappa shape index (κ1) is 14.5. The van der Waals surface area contributed by atoms with Crippen molar-refractivity contribution in [2.75, 3.05) is 7.11 Å². The van der Waals surface area contributed by atoms with Gasteiger partial charge in [-0.25, -0.2) is 4.79 Å². The zero-order chi connectivity index (χ0) is 15.9. The quantitative estimate of drug-likeness (QED) is 0.535. The molecule has 1 aliphatic rings. The molecule has 0 unspecified atom stereocenters. The number of ether oxygens (including phenoxy) is 1. The van der Waals surface area contributed by atoms with Crippen molar-refractivity contribution in [3.63, 3.8) is 0 Å². The summed E-state index contributed by atoms with van der Waals surface area (Å²) in [6.45, 7) is 2.00. The van der Waals surface area contributed by atoms with Crippen molar-refractivity contribution in [3.05, 3.63) is 64.2 Å². The van der Waals surface area contributed by atoms with Gasteiger partial charge >= 0.3 is 5.97 Å². The topological polar surface area (TPSA) is 46.5 Å². The maximum absolute atomic E-state index is 11.5. The predicted octanol–water partition coefficient (Wildman–Crippen LogP) is 3.49. The van der Waals surface area contributed by atoms with E-state index in [1.54, 1.807) is 12.1 Å². The van der Waals surface area contributed by atoms with Crippen molar-refractivity contribution in [2.45, 2.75) is 6.92 Å². The zero-order valence-electron chi connectivity index (χ0n) is 12.2. The van der Waals surface area contributed by atoms with Crippen LogP contribution in [-0.4, -0.2) is 23.1 Å². The van der Waals surface area contributed by atoms with E-state index in [0.717, 1.165) is 16.7 Å². The van der Waals surface area contributed by atoms with E-state index >= 15 is 0 Å². The van der Waals surface area contributed by atoms with Crippen LogP contribution in [0.5, 0.6) is 5.75 Å². The van der Waals surface area contributed by atoms with Gasteiger partial charge in [0.05, 0.1) is 17.5 Å². The summed E-state index contributed by atoms with van der Waals surface area (Å²) in [7, 11) is 1.34. The molecule has 2 aromatic carbocycles. The molecule has 0 aliphatic heterocycles. The number of phenols is 1. The molecule has 4 heteroatoms. The summed E-state index contributed by atoms with van der Waals surface area (Å²) < 4.78 is 4.70. The minimum absolute atomic E-state index is 0.0692. The van der Waals surface area contributed by atoms with Crippen molar-refractivity contribution in [1.29, 1.82) is 0 Å². The summed E-state index contributed by atoms with van der Waals surface area (Å²) in [5.41, 5.74) is 4.64. The van der Waals surface area contributed by atoms with E-state index in [9.17, 15) is 9.90 Å². The first-order valence-electron chi connectivity index (χ1n) is 6.80. The van der Waals surface area contributed by atoms with Gasteiger partial charge in [-0.15, -0.1) is 0 Å². The van der Waals surface area contributed by atoms with Crippen molar-refractivity contribution in [1.82, 2.24) is 0 Å². The number of benzene rings is 2. The molecule has 0 saturated carbocycles. The summed E-state index contributed by atoms with van der Waals surface area (Å²) in [5.74, 6) is -0.333. The Morgan fingerprint density at radius 2 is 2.00 bits per heavy atom. The average molecular weight is 310 g/mol. The molecule has 0 amide bonds. The molecule has 1 aliphatic carbocycles. The molecule has 22 heavy (non-hydrogen) atoms. The van der Waals surface area contributed by atoms with Crippen molar-refractivity contribution in [3.8, 4) is 5.75 Å². The van der Waals surface area contributed by atoms with Crippen LogP contribution in [0.1, 0.15) is 27.8 Å². The number of hydrogen-bond acceptors (Lipinski definition) is 4. The van der Waals surface area contributed by atoms with Crippen molar-refractivity contribution < 1.29 is 14.6 Å². The highest BCUT2D eigenvalue weighted by Crippen LogP contribution is 2.38. The smallest absolute Gasteiger partial charge is 0.338 e. The maximum atomic E-state index is 11.5. The van der Waals surface area contributed by atoms with Gasteiger partial charge in [0.15, 0.2) is 0 Å². The number of rotatable bonds is 3. The Labute approximate surface area is 133 Å². The Hall–Kier alpha value is -2.46. The number of hydrogen-bond donors (Lipinski definition) is 1. The molecular formula is C18H14O3S. The van der Waals surface area contributed by atoms with Crippen LogP contribution in [0.25, 0.3) is 11.6 Å². The summed E-state index contributed by atoms with van der Waals surface area (Å²) in [4.78, 5) is 12.1. The molecule has 0 atom stereocenters. The van der Waals surface area contributed by atoms with Gasteiger partial charge in [-0.1, -0.05) is 42.0 Å². The van der Waals surface area contributed by atoms with Crippen molar-refractivity contribution in [2.24, 2.45) is 0 Å². The molecule has 0 bridgehead atoms. The summed E-state index contributed by atoms with van der Waals surface area (Å²) in [5, 5.41) is 10.3. The van der Waals surface area contributed by atoms with Crippen LogP contribution in [0.4, 0.5) is 0 Å². The molecule has 3 nitrogen and oxygen atoms in total. The molecule has 1 N–H and O–H groups in total. The van der Waals surface area contributed by atoms with E-state index in [0.29, 0.717) is 21.6 Å². The van der Waals surface area contributed by atoms with E-state index in [1.165, 1.54) is 7.11 Å². The number of aromatic hydroxyl groups is 1. The molecule has 3 rings (SSSR count). The van der Waals surface area contributed by atoms with Crippen LogP contribution in [0, 0.1) is 6.92 Å². The fourth-order valence-electron chi connectivity index (χ4n) is 2.52. The lowest BCUT2D eigenvalue weighted by atomic mass is 9.85. The third-order valence-corrected chi connectivity index (χ3v) is 4.14. The first-order chi connectivity index (χ1) is 10.5. The van der Waals surface area contributed by atoms with E-state index in [-0.39, 0.29) is 5.75 Å². The normalized spacial score (nSPS) is 12.0. The minimum Gasteiger partial charge on any atom is -0.507 e. The summed E-state index contributed by atoms with van der Waals surface area (Å²) in [6.07, 6.45) is 1.74. The SMILES string of the molecule is COC(=O)C1=Cc2cc(C(=S)c3cccc(C)c3)c(O)cc21. The van der Waals surface area contributed by atoms with Gasteiger partial charge in [-0.2, -0.15) is 0 Å². The lowest BCUT2D eigenvalue weighted by molar-refractivity contribution is -0.133. The van der Waals surface area contributed by atoms with E-state index in [2.05, 4.69) is 0 Å². The van der Waals surface area contributed by atoms with Gasteiger partial charge in [0, 0.05) is 5.56 Å². The number of thiocarbonyl (C=S) groups is 1. The molecule has 0 heterocycles. The highest BCUT2D eigenvalue weighted by molar-refractivity contribution is 7.81. The van der Waals surface area contributed by atoms with Gasteiger partial charge in [0.2, 0.25) is 0 Å². The molecule has 110 valence electrons. The molecule has 2 aromatic rings. The number of carbonyl (C=O) groups excluding carboxylic acids is 1. The number of fused-ring (bicyclic) bond motifs is 1. The standard InChI is InChI=1S/C18H14O3S/c1-10-4-3-5-11(6-10)17(22)15-8-12-7-14(18(20)21-2)13(12)9-16(15)19/h3-9,19H,1-2H3.